The number of nitrogens with zero attached hydrogens (tertiary/aromatic N) is 4. The van der Waals surface area contributed by atoms with Crippen LogP contribution in [0.5, 0.6) is 0 Å². The number of nitriles is 1. The van der Waals surface area contributed by atoms with Crippen molar-refractivity contribution in [2.75, 3.05) is 13.1 Å². The summed E-state index contributed by atoms with van der Waals surface area (Å²) in [6.45, 7) is 2.17. The van der Waals surface area contributed by atoms with Crippen LogP contribution >= 0.6 is 0 Å². The van der Waals surface area contributed by atoms with Crippen molar-refractivity contribution in [1.29, 1.82) is 5.26 Å². The van der Waals surface area contributed by atoms with E-state index in [4.69, 9.17) is 10.4 Å². The molecule has 1 N–H and O–H groups in total. The monoisotopic (exact) mass is 300 g/mol. The number of aliphatic carboxylic acids is 1. The number of aryl methyl sites for hydroxylation is 1. The lowest BCUT2D eigenvalue weighted by atomic mass is 10.4. The van der Waals surface area contributed by atoms with Crippen LogP contribution in [0, 0.1) is 11.3 Å². The highest BCUT2D eigenvalue weighted by atomic mass is 32.2. The summed E-state index contributed by atoms with van der Waals surface area (Å²) in [7, 11) is -3.69. The molecule has 0 fully saturated rings. The fourth-order valence-corrected chi connectivity index (χ4v) is 2.99. The Morgan fingerprint density at radius 3 is 2.85 bits per heavy atom. The lowest BCUT2D eigenvalue weighted by Crippen LogP contribution is -2.31. The first-order valence-corrected chi connectivity index (χ1v) is 7.47. The summed E-state index contributed by atoms with van der Waals surface area (Å²) >= 11 is 0. The van der Waals surface area contributed by atoms with Gasteiger partial charge in [-0.25, -0.2) is 8.42 Å². The molecular formula is C11H16N4O4S. The molecule has 0 aromatic carbocycles. The minimum Gasteiger partial charge on any atom is -0.481 e. The molecule has 1 aromatic heterocycles. The zero-order chi connectivity index (χ0) is 15.2. The van der Waals surface area contributed by atoms with E-state index in [0.29, 0.717) is 0 Å². The van der Waals surface area contributed by atoms with Crippen LogP contribution in [0.25, 0.3) is 0 Å². The molecule has 0 saturated heterocycles. The molecule has 0 spiro atoms. The quantitative estimate of drug-likeness (QED) is 0.737. The fraction of sp³-hybridized carbons (Fsp3) is 0.545. The van der Waals surface area contributed by atoms with Crippen LogP contribution in [-0.2, 0) is 21.4 Å². The van der Waals surface area contributed by atoms with Crippen molar-refractivity contribution in [1.82, 2.24) is 14.1 Å². The van der Waals surface area contributed by atoms with Crippen LogP contribution in [0.15, 0.2) is 17.3 Å². The maximum atomic E-state index is 12.3. The van der Waals surface area contributed by atoms with Crippen molar-refractivity contribution in [2.24, 2.45) is 0 Å². The third kappa shape index (κ3) is 4.04. The summed E-state index contributed by atoms with van der Waals surface area (Å²) in [4.78, 5) is 10.5. The van der Waals surface area contributed by atoms with Gasteiger partial charge in [-0.2, -0.15) is 14.7 Å². The van der Waals surface area contributed by atoms with Crippen molar-refractivity contribution in [3.05, 3.63) is 12.4 Å². The second-order valence-corrected chi connectivity index (χ2v) is 5.93. The largest absolute Gasteiger partial charge is 0.481 e. The molecule has 0 radical (unpaired) electrons. The standard InChI is InChI=1S/C11H16N4O4S/c1-2-15(6-3-5-12)20(18,19)10-8-13-14(9-10)7-4-11(16)17/h8-9H,2-4,6-7H2,1H3,(H,16,17). The minimum absolute atomic E-state index is 0.00248. The van der Waals surface area contributed by atoms with Crippen LogP contribution in [0.3, 0.4) is 0 Å². The van der Waals surface area contributed by atoms with E-state index in [1.807, 2.05) is 6.07 Å². The van der Waals surface area contributed by atoms with Gasteiger partial charge in [0.25, 0.3) is 0 Å². The van der Waals surface area contributed by atoms with E-state index in [0.717, 1.165) is 0 Å². The number of rotatable bonds is 8. The maximum Gasteiger partial charge on any atom is 0.305 e. The summed E-state index contributed by atoms with van der Waals surface area (Å²) in [5, 5.41) is 20.9. The van der Waals surface area contributed by atoms with Crippen LogP contribution < -0.4 is 0 Å². The molecule has 0 bridgehead atoms. The summed E-state index contributed by atoms with van der Waals surface area (Å²) in [6.07, 6.45) is 2.47. The minimum atomic E-state index is -3.69. The number of aromatic nitrogens is 2. The van der Waals surface area contributed by atoms with Gasteiger partial charge in [-0.1, -0.05) is 6.92 Å². The molecule has 0 saturated carbocycles. The molecular weight excluding hydrogens is 284 g/mol. The average molecular weight is 300 g/mol. The van der Waals surface area contributed by atoms with Crippen LogP contribution in [-0.4, -0.2) is 46.7 Å². The number of hydrogen-bond acceptors (Lipinski definition) is 5. The topological polar surface area (TPSA) is 116 Å². The zero-order valence-corrected chi connectivity index (χ0v) is 11.9. The molecule has 0 aliphatic rings. The Hall–Kier alpha value is -1.92. The van der Waals surface area contributed by atoms with E-state index in [2.05, 4.69) is 5.10 Å². The van der Waals surface area contributed by atoms with Gasteiger partial charge >= 0.3 is 5.97 Å². The van der Waals surface area contributed by atoms with Crippen LogP contribution in [0.4, 0.5) is 0 Å². The van der Waals surface area contributed by atoms with Crippen molar-refractivity contribution in [3.8, 4) is 6.07 Å². The second kappa shape index (κ2) is 7.02. The molecule has 8 nitrogen and oxygen atoms in total. The Labute approximate surface area is 117 Å². The van der Waals surface area contributed by atoms with E-state index in [9.17, 15) is 13.2 Å². The molecule has 0 amide bonds. The smallest absolute Gasteiger partial charge is 0.305 e. The Kier molecular flexibility index (Phi) is 5.66. The summed E-state index contributed by atoms with van der Waals surface area (Å²) in [6, 6.07) is 1.90. The molecule has 0 unspecified atom stereocenters. The average Bonchev–Trinajstić information content (AvgIpc) is 2.86. The molecule has 1 aromatic rings. The van der Waals surface area contributed by atoms with Gasteiger partial charge in [0.05, 0.1) is 25.2 Å². The van der Waals surface area contributed by atoms with Gasteiger partial charge in [0, 0.05) is 25.7 Å². The summed E-state index contributed by atoms with van der Waals surface area (Å²) in [5.41, 5.74) is 0. The van der Waals surface area contributed by atoms with Crippen molar-refractivity contribution in [3.63, 3.8) is 0 Å². The Bertz CT molecular complexity index is 602. The third-order valence-corrected chi connectivity index (χ3v) is 4.55. The maximum absolute atomic E-state index is 12.3. The molecule has 1 rings (SSSR count). The predicted octanol–water partition coefficient (Wildman–Crippen LogP) is 0.282. The first-order chi connectivity index (χ1) is 9.41. The van der Waals surface area contributed by atoms with Crippen molar-refractivity contribution >= 4 is 16.0 Å². The van der Waals surface area contributed by atoms with E-state index in [-0.39, 0.29) is 37.4 Å². The number of sulfonamides is 1. The van der Waals surface area contributed by atoms with Gasteiger partial charge in [-0.15, -0.1) is 0 Å². The van der Waals surface area contributed by atoms with Crippen LogP contribution in [0.1, 0.15) is 19.8 Å². The van der Waals surface area contributed by atoms with E-state index in [1.165, 1.54) is 21.4 Å². The Balaban J connectivity index is 2.86. The Morgan fingerprint density at radius 1 is 1.60 bits per heavy atom. The molecule has 0 aliphatic heterocycles. The van der Waals surface area contributed by atoms with Gasteiger partial charge in [-0.05, 0) is 0 Å². The number of carboxylic acids is 1. The highest BCUT2D eigenvalue weighted by Gasteiger charge is 2.24. The van der Waals surface area contributed by atoms with Gasteiger partial charge in [-0.3, -0.25) is 9.48 Å². The molecule has 9 heteroatoms. The highest BCUT2D eigenvalue weighted by Crippen LogP contribution is 2.15. The number of hydrogen-bond donors (Lipinski definition) is 1. The summed E-state index contributed by atoms with van der Waals surface area (Å²) < 4.78 is 27.0. The zero-order valence-electron chi connectivity index (χ0n) is 11.1. The molecule has 0 atom stereocenters. The van der Waals surface area contributed by atoms with Gasteiger partial charge in [0.2, 0.25) is 10.0 Å². The first kappa shape index (κ1) is 16.1. The predicted molar refractivity (Wildman–Crippen MR) is 69.1 cm³/mol. The van der Waals surface area contributed by atoms with Gasteiger partial charge in [0.15, 0.2) is 0 Å². The fourth-order valence-electron chi connectivity index (χ4n) is 1.58. The van der Waals surface area contributed by atoms with E-state index in [1.54, 1.807) is 6.92 Å². The second-order valence-electron chi connectivity index (χ2n) is 3.99. The molecule has 110 valence electrons. The lowest BCUT2D eigenvalue weighted by Gasteiger charge is -2.17. The first-order valence-electron chi connectivity index (χ1n) is 6.03. The highest BCUT2D eigenvalue weighted by molar-refractivity contribution is 7.89. The van der Waals surface area contributed by atoms with Gasteiger partial charge < -0.3 is 5.11 Å². The molecule has 1 heterocycles. The summed E-state index contributed by atoms with van der Waals surface area (Å²) in [5.74, 6) is -0.978. The third-order valence-electron chi connectivity index (χ3n) is 2.63. The normalized spacial score (nSPS) is 11.4. The number of carboxylic acid groups (broad SMARTS) is 1. The molecule has 20 heavy (non-hydrogen) atoms. The van der Waals surface area contributed by atoms with E-state index < -0.39 is 16.0 Å². The number of carbonyl (C=O) groups is 1. The lowest BCUT2D eigenvalue weighted by molar-refractivity contribution is -0.137. The SMILES string of the molecule is CCN(CCC#N)S(=O)(=O)c1cnn(CCC(=O)O)c1. The van der Waals surface area contributed by atoms with Crippen LogP contribution in [0.2, 0.25) is 0 Å². The van der Waals surface area contributed by atoms with Gasteiger partial charge in [0.1, 0.15) is 4.90 Å². The Morgan fingerprint density at radius 2 is 2.30 bits per heavy atom. The van der Waals surface area contributed by atoms with Crippen molar-refractivity contribution in [2.45, 2.75) is 31.2 Å². The van der Waals surface area contributed by atoms with E-state index >= 15 is 0 Å². The molecule has 0 aliphatic carbocycles. The van der Waals surface area contributed by atoms with Crippen molar-refractivity contribution < 1.29 is 18.3 Å².